The molecule has 2 fully saturated rings. The average Bonchev–Trinajstić information content (AvgIpc) is 2.94. The van der Waals surface area contributed by atoms with E-state index in [0.29, 0.717) is 31.7 Å². The number of nitrogens with one attached hydrogen (secondary N) is 1. The highest BCUT2D eigenvalue weighted by atomic mass is 19.1. The molecule has 2 aliphatic heterocycles. The Morgan fingerprint density at radius 2 is 1.89 bits per heavy atom. The molecule has 3 N–H and O–H groups in total. The Morgan fingerprint density at radius 3 is 2.53 bits per heavy atom. The van der Waals surface area contributed by atoms with Crippen molar-refractivity contribution in [3.8, 4) is 11.1 Å². The molecule has 9 nitrogen and oxygen atoms in total. The molecule has 4 rings (SSSR count). The van der Waals surface area contributed by atoms with E-state index in [1.807, 2.05) is 49.3 Å². The van der Waals surface area contributed by atoms with Gasteiger partial charge in [0, 0.05) is 50.3 Å². The molecule has 2 saturated heterocycles. The Balaban J connectivity index is 1.29. The predicted octanol–water partition coefficient (Wildman–Crippen LogP) is 2.28. The second-order valence-electron chi connectivity index (χ2n) is 10.2. The monoisotopic (exact) mass is 530 g/mol. The first-order valence-electron chi connectivity index (χ1n) is 13.3. The van der Waals surface area contributed by atoms with E-state index >= 15 is 0 Å². The molecule has 5 atom stereocenters. The van der Waals surface area contributed by atoms with Crippen molar-refractivity contribution >= 4 is 11.7 Å². The first-order chi connectivity index (χ1) is 18.3. The number of benzene rings is 1. The fraction of sp³-hybridized carbons (Fsp3) is 0.571. The predicted molar refractivity (Wildman–Crippen MR) is 142 cm³/mol. The van der Waals surface area contributed by atoms with Gasteiger partial charge in [0.1, 0.15) is 18.6 Å². The highest BCUT2D eigenvalue weighted by molar-refractivity contribution is 5.76. The van der Waals surface area contributed by atoms with Crippen LogP contribution in [-0.2, 0) is 14.3 Å². The number of carbonyl (C=O) groups is 1. The van der Waals surface area contributed by atoms with Gasteiger partial charge in [-0.3, -0.25) is 4.79 Å². The van der Waals surface area contributed by atoms with Crippen molar-refractivity contribution in [2.75, 3.05) is 51.5 Å². The standard InChI is InChI=1S/C28H39FN4O5/c1-19-15-23(16-27(35)38-19)32(2)10-9-26(34)31-24(17-29)28(36)21-5-3-20(4-6-21)22-7-8-25(30-18-22)33-11-13-37-14-12-33/h3-8,18-19,23-24,27-28,35-36H,9-17H2,1-2H3,(H,31,34)/t19-,23+,24-,27?,28?/m1/s1. The van der Waals surface area contributed by atoms with Gasteiger partial charge in [0.15, 0.2) is 6.29 Å². The third kappa shape index (κ3) is 7.48. The summed E-state index contributed by atoms with van der Waals surface area (Å²) in [5, 5.41) is 23.2. The van der Waals surface area contributed by atoms with Crippen molar-refractivity contribution in [2.45, 2.75) is 56.8 Å². The number of aliphatic hydroxyl groups excluding tert-OH is 2. The largest absolute Gasteiger partial charge is 0.386 e. The SMILES string of the molecule is C[C@@H]1C[C@H](N(C)CCC(=O)N[C@H](CF)C(O)c2ccc(-c3ccc(N4CCOCC4)nc3)cc2)CC(O)O1. The first-order valence-corrected chi connectivity index (χ1v) is 13.3. The van der Waals surface area contributed by atoms with Crippen LogP contribution in [0.2, 0.25) is 0 Å². The van der Waals surface area contributed by atoms with E-state index in [-0.39, 0.29) is 24.5 Å². The Hall–Kier alpha value is -2.63. The number of alkyl halides is 1. The molecule has 38 heavy (non-hydrogen) atoms. The molecule has 1 amide bonds. The molecule has 208 valence electrons. The van der Waals surface area contributed by atoms with Crippen LogP contribution in [0, 0.1) is 0 Å². The Bertz CT molecular complexity index is 1010. The van der Waals surface area contributed by atoms with Gasteiger partial charge in [0.2, 0.25) is 5.91 Å². The van der Waals surface area contributed by atoms with Crippen LogP contribution in [-0.4, -0.2) is 97.1 Å². The molecule has 2 unspecified atom stereocenters. The van der Waals surface area contributed by atoms with E-state index in [4.69, 9.17) is 9.47 Å². The minimum atomic E-state index is -1.18. The van der Waals surface area contributed by atoms with E-state index in [1.165, 1.54) is 0 Å². The molecule has 0 aliphatic carbocycles. The zero-order valence-corrected chi connectivity index (χ0v) is 22.1. The first kappa shape index (κ1) is 28.4. The maximum Gasteiger partial charge on any atom is 0.221 e. The van der Waals surface area contributed by atoms with Crippen LogP contribution in [0.4, 0.5) is 10.2 Å². The number of halogens is 1. The second-order valence-corrected chi connectivity index (χ2v) is 10.2. The van der Waals surface area contributed by atoms with Crippen LogP contribution in [0.1, 0.15) is 37.9 Å². The number of anilines is 1. The summed E-state index contributed by atoms with van der Waals surface area (Å²) in [7, 11) is 1.90. The third-order valence-electron chi connectivity index (χ3n) is 7.34. The lowest BCUT2D eigenvalue weighted by molar-refractivity contribution is -0.173. The van der Waals surface area contributed by atoms with E-state index in [0.717, 1.165) is 36.5 Å². The van der Waals surface area contributed by atoms with Crippen LogP contribution < -0.4 is 10.2 Å². The number of carbonyl (C=O) groups excluding carboxylic acids is 1. The van der Waals surface area contributed by atoms with Crippen molar-refractivity contribution in [3.05, 3.63) is 48.2 Å². The molecule has 3 heterocycles. The third-order valence-corrected chi connectivity index (χ3v) is 7.34. The number of nitrogens with zero attached hydrogens (tertiary/aromatic N) is 3. The molecule has 0 bridgehead atoms. The van der Waals surface area contributed by atoms with Gasteiger partial charge in [-0.25, -0.2) is 9.37 Å². The van der Waals surface area contributed by atoms with Gasteiger partial charge in [-0.15, -0.1) is 0 Å². The van der Waals surface area contributed by atoms with Crippen molar-refractivity contribution in [1.82, 2.24) is 15.2 Å². The van der Waals surface area contributed by atoms with Crippen molar-refractivity contribution in [2.24, 2.45) is 0 Å². The van der Waals surface area contributed by atoms with Crippen LogP contribution in [0.5, 0.6) is 0 Å². The summed E-state index contributed by atoms with van der Waals surface area (Å²) in [4.78, 5) is 21.3. The fourth-order valence-electron chi connectivity index (χ4n) is 5.03. The van der Waals surface area contributed by atoms with E-state index in [2.05, 4.69) is 15.2 Å². The highest BCUT2D eigenvalue weighted by Crippen LogP contribution is 2.25. The number of hydrogen-bond donors (Lipinski definition) is 3. The van der Waals surface area contributed by atoms with Gasteiger partial charge in [0.05, 0.1) is 25.4 Å². The summed E-state index contributed by atoms with van der Waals surface area (Å²) in [6.45, 7) is 4.52. The smallest absolute Gasteiger partial charge is 0.221 e. The molecule has 1 aromatic heterocycles. The van der Waals surface area contributed by atoms with Crippen LogP contribution >= 0.6 is 0 Å². The molecular weight excluding hydrogens is 491 g/mol. The van der Waals surface area contributed by atoms with Crippen molar-refractivity contribution in [1.29, 1.82) is 0 Å². The molecule has 0 saturated carbocycles. The Morgan fingerprint density at radius 1 is 1.18 bits per heavy atom. The number of rotatable bonds is 10. The normalized spacial score (nSPS) is 23.7. The van der Waals surface area contributed by atoms with E-state index < -0.39 is 25.1 Å². The van der Waals surface area contributed by atoms with Crippen LogP contribution in [0.3, 0.4) is 0 Å². The number of morpholine rings is 1. The second kappa shape index (κ2) is 13.4. The van der Waals surface area contributed by atoms with Gasteiger partial charge < -0.3 is 34.8 Å². The summed E-state index contributed by atoms with van der Waals surface area (Å²) >= 11 is 0. The molecule has 2 aromatic rings. The lowest BCUT2D eigenvalue weighted by atomic mass is 9.99. The molecule has 2 aliphatic rings. The van der Waals surface area contributed by atoms with Crippen LogP contribution in [0.15, 0.2) is 42.6 Å². The zero-order valence-electron chi connectivity index (χ0n) is 22.1. The summed E-state index contributed by atoms with van der Waals surface area (Å²) < 4.78 is 24.6. The fourth-order valence-corrected chi connectivity index (χ4v) is 5.03. The lowest BCUT2D eigenvalue weighted by Gasteiger charge is -2.36. The number of hydrogen-bond acceptors (Lipinski definition) is 8. The summed E-state index contributed by atoms with van der Waals surface area (Å²) in [5.41, 5.74) is 2.39. The number of aliphatic hydroxyl groups is 2. The number of amides is 1. The Labute approximate surface area is 223 Å². The zero-order chi connectivity index (χ0) is 27.1. The number of ether oxygens (including phenoxy) is 2. The van der Waals surface area contributed by atoms with Gasteiger partial charge in [-0.05, 0) is 43.7 Å². The summed E-state index contributed by atoms with van der Waals surface area (Å²) in [6, 6.07) is 10.3. The number of aromatic nitrogens is 1. The van der Waals surface area contributed by atoms with Gasteiger partial charge in [-0.1, -0.05) is 24.3 Å². The molecule has 1 aromatic carbocycles. The minimum Gasteiger partial charge on any atom is -0.386 e. The van der Waals surface area contributed by atoms with E-state index in [9.17, 15) is 19.4 Å². The van der Waals surface area contributed by atoms with Gasteiger partial charge in [-0.2, -0.15) is 0 Å². The molecular formula is C28H39FN4O5. The van der Waals surface area contributed by atoms with Gasteiger partial charge in [0.25, 0.3) is 0 Å². The highest BCUT2D eigenvalue weighted by Gasteiger charge is 2.29. The number of pyridine rings is 1. The van der Waals surface area contributed by atoms with Crippen LogP contribution in [0.25, 0.3) is 11.1 Å². The molecule has 10 heteroatoms. The quantitative estimate of drug-likeness (QED) is 0.430. The summed E-state index contributed by atoms with van der Waals surface area (Å²) in [6.07, 6.45) is 1.20. The van der Waals surface area contributed by atoms with Crippen molar-refractivity contribution in [3.63, 3.8) is 0 Å². The van der Waals surface area contributed by atoms with E-state index in [1.54, 1.807) is 12.1 Å². The molecule has 0 radical (unpaired) electrons. The van der Waals surface area contributed by atoms with Crippen molar-refractivity contribution < 1.29 is 28.9 Å². The van der Waals surface area contributed by atoms with Gasteiger partial charge >= 0.3 is 0 Å². The maximum absolute atomic E-state index is 13.8. The lowest BCUT2D eigenvalue weighted by Crippen LogP contribution is -2.45. The molecule has 0 spiro atoms. The summed E-state index contributed by atoms with van der Waals surface area (Å²) in [5.74, 6) is 0.582. The minimum absolute atomic E-state index is 0.0526. The Kier molecular flexibility index (Phi) is 10.0. The average molecular weight is 531 g/mol. The topological polar surface area (TPSA) is 107 Å². The maximum atomic E-state index is 13.8.